The SMILES string of the molecule is CC(=O)N1CCN(CCCc2ccccc2)[C@@H](C(=O)N(C)C)C1. The summed E-state index contributed by atoms with van der Waals surface area (Å²) >= 11 is 0. The average molecular weight is 317 g/mol. The topological polar surface area (TPSA) is 43.9 Å². The fraction of sp³-hybridized carbons (Fsp3) is 0.556. The van der Waals surface area contributed by atoms with Gasteiger partial charge in [-0.05, 0) is 24.9 Å². The number of likely N-dealkylation sites (N-methyl/N-ethyl adjacent to an activating group) is 1. The van der Waals surface area contributed by atoms with E-state index < -0.39 is 0 Å². The summed E-state index contributed by atoms with van der Waals surface area (Å²) in [7, 11) is 3.55. The van der Waals surface area contributed by atoms with Crippen LogP contribution in [0.3, 0.4) is 0 Å². The molecule has 1 aromatic rings. The summed E-state index contributed by atoms with van der Waals surface area (Å²) in [6, 6.07) is 10.2. The molecule has 5 nitrogen and oxygen atoms in total. The second kappa shape index (κ2) is 8.11. The first-order valence-corrected chi connectivity index (χ1v) is 8.23. The molecule has 1 aliphatic rings. The van der Waals surface area contributed by atoms with Crippen molar-refractivity contribution in [2.24, 2.45) is 0 Å². The molecule has 2 rings (SSSR count). The Labute approximate surface area is 138 Å². The van der Waals surface area contributed by atoms with E-state index in [9.17, 15) is 9.59 Å². The van der Waals surface area contributed by atoms with Gasteiger partial charge in [0.15, 0.2) is 0 Å². The Hall–Kier alpha value is -1.88. The van der Waals surface area contributed by atoms with Gasteiger partial charge in [-0.3, -0.25) is 14.5 Å². The van der Waals surface area contributed by atoms with Crippen LogP contribution in [0.5, 0.6) is 0 Å². The standard InChI is InChI=1S/C18H27N3O2/c1-15(22)21-13-12-20(17(14-21)18(23)19(2)3)11-7-10-16-8-5-4-6-9-16/h4-6,8-9,17H,7,10-14H2,1-3H3/t17-/m1/s1. The van der Waals surface area contributed by atoms with Gasteiger partial charge in [0, 0.05) is 40.7 Å². The normalized spacial score (nSPS) is 18.7. The monoisotopic (exact) mass is 317 g/mol. The molecule has 0 aliphatic carbocycles. The molecule has 1 aromatic carbocycles. The third-order valence-corrected chi connectivity index (χ3v) is 4.42. The zero-order valence-electron chi connectivity index (χ0n) is 14.4. The van der Waals surface area contributed by atoms with Gasteiger partial charge in [0.25, 0.3) is 0 Å². The first-order valence-electron chi connectivity index (χ1n) is 8.23. The Kier molecular flexibility index (Phi) is 6.16. The third-order valence-electron chi connectivity index (χ3n) is 4.42. The predicted molar refractivity (Wildman–Crippen MR) is 91.1 cm³/mol. The molecule has 0 radical (unpaired) electrons. The number of amides is 2. The van der Waals surface area contributed by atoms with Crippen molar-refractivity contribution in [1.29, 1.82) is 0 Å². The van der Waals surface area contributed by atoms with E-state index >= 15 is 0 Å². The van der Waals surface area contributed by atoms with Crippen molar-refractivity contribution >= 4 is 11.8 Å². The Bertz CT molecular complexity index is 530. The van der Waals surface area contributed by atoms with E-state index in [1.165, 1.54) is 5.56 Å². The lowest BCUT2D eigenvalue weighted by atomic mass is 10.1. The summed E-state index contributed by atoms with van der Waals surface area (Å²) < 4.78 is 0. The first-order chi connectivity index (χ1) is 11.0. The molecule has 1 atom stereocenters. The van der Waals surface area contributed by atoms with Crippen molar-refractivity contribution in [2.45, 2.75) is 25.8 Å². The number of hydrogen-bond acceptors (Lipinski definition) is 3. The van der Waals surface area contributed by atoms with E-state index in [1.807, 2.05) is 6.07 Å². The second-order valence-corrected chi connectivity index (χ2v) is 6.34. The van der Waals surface area contributed by atoms with Gasteiger partial charge in [-0.1, -0.05) is 30.3 Å². The molecule has 1 fully saturated rings. The maximum absolute atomic E-state index is 12.5. The zero-order valence-corrected chi connectivity index (χ0v) is 14.4. The minimum atomic E-state index is -0.224. The smallest absolute Gasteiger partial charge is 0.241 e. The summed E-state index contributed by atoms with van der Waals surface area (Å²) in [5.41, 5.74) is 1.32. The Morgan fingerprint density at radius 1 is 1.17 bits per heavy atom. The molecule has 1 saturated heterocycles. The first kappa shape index (κ1) is 17.5. The Balaban J connectivity index is 1.94. The average Bonchev–Trinajstić information content (AvgIpc) is 2.55. The lowest BCUT2D eigenvalue weighted by Gasteiger charge is -2.41. The number of aryl methyl sites for hydroxylation is 1. The third kappa shape index (κ3) is 4.79. The van der Waals surface area contributed by atoms with Crippen molar-refractivity contribution in [1.82, 2.24) is 14.7 Å². The largest absolute Gasteiger partial charge is 0.347 e. The highest BCUT2D eigenvalue weighted by Gasteiger charge is 2.33. The molecule has 0 N–H and O–H groups in total. The summed E-state index contributed by atoms with van der Waals surface area (Å²) in [5, 5.41) is 0. The van der Waals surface area contributed by atoms with Crippen LogP contribution in [-0.4, -0.2) is 72.8 Å². The van der Waals surface area contributed by atoms with Gasteiger partial charge in [-0.2, -0.15) is 0 Å². The molecule has 2 amide bonds. The van der Waals surface area contributed by atoms with E-state index in [0.29, 0.717) is 13.1 Å². The van der Waals surface area contributed by atoms with E-state index in [2.05, 4.69) is 29.2 Å². The maximum atomic E-state index is 12.5. The summed E-state index contributed by atoms with van der Waals surface area (Å²) in [5.74, 6) is 0.126. The van der Waals surface area contributed by atoms with Crippen molar-refractivity contribution in [3.63, 3.8) is 0 Å². The highest BCUT2D eigenvalue weighted by molar-refractivity contribution is 5.83. The minimum Gasteiger partial charge on any atom is -0.347 e. The molecular formula is C18H27N3O2. The summed E-state index contributed by atoms with van der Waals surface area (Å²) in [6.45, 7) is 4.42. The fourth-order valence-corrected chi connectivity index (χ4v) is 3.04. The van der Waals surface area contributed by atoms with Gasteiger partial charge in [-0.15, -0.1) is 0 Å². The van der Waals surface area contributed by atoms with Gasteiger partial charge in [-0.25, -0.2) is 0 Å². The lowest BCUT2D eigenvalue weighted by molar-refractivity contribution is -0.141. The molecule has 0 unspecified atom stereocenters. The molecule has 1 heterocycles. The lowest BCUT2D eigenvalue weighted by Crippen LogP contribution is -2.59. The predicted octanol–water partition coefficient (Wildman–Crippen LogP) is 1.24. The van der Waals surface area contributed by atoms with Crippen LogP contribution in [0.1, 0.15) is 18.9 Å². The number of piperazine rings is 1. The van der Waals surface area contributed by atoms with E-state index in [-0.39, 0.29) is 17.9 Å². The molecule has 0 bridgehead atoms. The number of carbonyl (C=O) groups excluding carboxylic acids is 2. The summed E-state index contributed by atoms with van der Waals surface area (Å²) in [4.78, 5) is 29.7. The molecule has 0 spiro atoms. The summed E-state index contributed by atoms with van der Waals surface area (Å²) in [6.07, 6.45) is 2.03. The number of nitrogens with zero attached hydrogens (tertiary/aromatic N) is 3. The van der Waals surface area contributed by atoms with Gasteiger partial charge < -0.3 is 9.80 Å². The molecule has 0 saturated carbocycles. The second-order valence-electron chi connectivity index (χ2n) is 6.34. The van der Waals surface area contributed by atoms with Crippen molar-refractivity contribution in [3.05, 3.63) is 35.9 Å². The van der Waals surface area contributed by atoms with Crippen LogP contribution in [0.2, 0.25) is 0 Å². The Morgan fingerprint density at radius 2 is 1.87 bits per heavy atom. The van der Waals surface area contributed by atoms with Crippen LogP contribution in [-0.2, 0) is 16.0 Å². The van der Waals surface area contributed by atoms with Gasteiger partial charge in [0.2, 0.25) is 11.8 Å². The van der Waals surface area contributed by atoms with Crippen LogP contribution in [0.4, 0.5) is 0 Å². The molecule has 0 aromatic heterocycles. The van der Waals surface area contributed by atoms with Crippen LogP contribution in [0.25, 0.3) is 0 Å². The van der Waals surface area contributed by atoms with Crippen LogP contribution in [0, 0.1) is 0 Å². The van der Waals surface area contributed by atoms with Gasteiger partial charge in [0.1, 0.15) is 6.04 Å². The number of carbonyl (C=O) groups is 2. The van der Waals surface area contributed by atoms with Crippen molar-refractivity contribution in [3.8, 4) is 0 Å². The van der Waals surface area contributed by atoms with E-state index in [1.54, 1.807) is 30.8 Å². The number of rotatable bonds is 5. The number of benzene rings is 1. The quantitative estimate of drug-likeness (QED) is 0.821. The molecule has 1 aliphatic heterocycles. The number of hydrogen-bond donors (Lipinski definition) is 0. The van der Waals surface area contributed by atoms with Crippen molar-refractivity contribution in [2.75, 3.05) is 40.3 Å². The zero-order chi connectivity index (χ0) is 16.8. The van der Waals surface area contributed by atoms with E-state index in [4.69, 9.17) is 0 Å². The maximum Gasteiger partial charge on any atom is 0.241 e. The van der Waals surface area contributed by atoms with Gasteiger partial charge in [0.05, 0.1) is 0 Å². The van der Waals surface area contributed by atoms with Gasteiger partial charge >= 0.3 is 0 Å². The van der Waals surface area contributed by atoms with E-state index in [0.717, 1.165) is 25.9 Å². The molecular weight excluding hydrogens is 290 g/mol. The fourth-order valence-electron chi connectivity index (χ4n) is 3.04. The highest BCUT2D eigenvalue weighted by atomic mass is 16.2. The van der Waals surface area contributed by atoms with Crippen LogP contribution < -0.4 is 0 Å². The Morgan fingerprint density at radius 3 is 2.48 bits per heavy atom. The molecule has 126 valence electrons. The van der Waals surface area contributed by atoms with Crippen LogP contribution in [0.15, 0.2) is 30.3 Å². The van der Waals surface area contributed by atoms with Crippen molar-refractivity contribution < 1.29 is 9.59 Å². The highest BCUT2D eigenvalue weighted by Crippen LogP contribution is 2.14. The molecule has 5 heteroatoms. The molecule has 23 heavy (non-hydrogen) atoms. The van der Waals surface area contributed by atoms with Crippen LogP contribution >= 0.6 is 0 Å². The minimum absolute atomic E-state index is 0.0468.